The molecule has 1 N–H and O–H groups in total. The van der Waals surface area contributed by atoms with Crippen molar-refractivity contribution in [3.8, 4) is 0 Å². The molecule has 2 fully saturated rings. The van der Waals surface area contributed by atoms with E-state index in [2.05, 4.69) is 29.0 Å². The summed E-state index contributed by atoms with van der Waals surface area (Å²) < 4.78 is 5.49. The van der Waals surface area contributed by atoms with Crippen LogP contribution in [0.25, 0.3) is 0 Å². The molecular formula is C13H26N2OS. The summed E-state index contributed by atoms with van der Waals surface area (Å²) >= 11 is 2.10. The number of nitrogens with zero attached hydrogens (tertiary/aromatic N) is 1. The Kier molecular flexibility index (Phi) is 5.15. The smallest absolute Gasteiger partial charge is 0.0531 e. The number of nitrogens with one attached hydrogen (secondary N) is 1. The number of ether oxygens (including phenoxy) is 1. The van der Waals surface area contributed by atoms with Gasteiger partial charge in [0.05, 0.1) is 6.61 Å². The molecule has 0 radical (unpaired) electrons. The molecule has 0 aromatic rings. The molecule has 0 aromatic heterocycles. The van der Waals surface area contributed by atoms with Crippen LogP contribution < -0.4 is 5.32 Å². The van der Waals surface area contributed by atoms with Crippen molar-refractivity contribution in [1.29, 1.82) is 0 Å². The lowest BCUT2D eigenvalue weighted by Gasteiger charge is -2.41. The molecule has 0 aromatic carbocycles. The first-order chi connectivity index (χ1) is 8.26. The van der Waals surface area contributed by atoms with Crippen LogP contribution in [0, 0.1) is 5.41 Å². The maximum atomic E-state index is 5.49. The van der Waals surface area contributed by atoms with Gasteiger partial charge in [0.25, 0.3) is 0 Å². The van der Waals surface area contributed by atoms with Crippen LogP contribution in [-0.4, -0.2) is 62.8 Å². The molecule has 2 heterocycles. The second-order valence-corrected chi connectivity index (χ2v) is 6.77. The lowest BCUT2D eigenvalue weighted by atomic mass is 9.79. The molecule has 1 unspecified atom stereocenters. The molecule has 0 spiro atoms. The van der Waals surface area contributed by atoms with Crippen molar-refractivity contribution in [3.63, 3.8) is 0 Å². The SMILES string of the molecule is COCC1(CN(C)C2CCSC2)CCNCC1. The lowest BCUT2D eigenvalue weighted by Crippen LogP contribution is -2.48. The molecule has 0 saturated carbocycles. The predicted molar refractivity (Wildman–Crippen MR) is 74.8 cm³/mol. The first-order valence-electron chi connectivity index (χ1n) is 6.73. The fourth-order valence-corrected chi connectivity index (χ4v) is 4.44. The average Bonchev–Trinajstić information content (AvgIpc) is 2.84. The van der Waals surface area contributed by atoms with Crippen molar-refractivity contribution >= 4 is 11.8 Å². The summed E-state index contributed by atoms with van der Waals surface area (Å²) in [5.41, 5.74) is 0.391. The van der Waals surface area contributed by atoms with Gasteiger partial charge in [-0.2, -0.15) is 11.8 Å². The van der Waals surface area contributed by atoms with Crippen molar-refractivity contribution < 1.29 is 4.74 Å². The minimum atomic E-state index is 0.391. The number of methoxy groups -OCH3 is 1. The molecule has 2 aliphatic heterocycles. The first-order valence-corrected chi connectivity index (χ1v) is 7.89. The van der Waals surface area contributed by atoms with E-state index in [1.54, 1.807) is 0 Å². The average molecular weight is 258 g/mol. The van der Waals surface area contributed by atoms with Crippen LogP contribution in [0.5, 0.6) is 0 Å². The second-order valence-electron chi connectivity index (χ2n) is 5.62. The van der Waals surface area contributed by atoms with Crippen molar-refractivity contribution in [1.82, 2.24) is 10.2 Å². The highest BCUT2D eigenvalue weighted by Gasteiger charge is 2.35. The molecule has 3 nitrogen and oxygen atoms in total. The first kappa shape index (κ1) is 13.7. The summed E-state index contributed by atoms with van der Waals surface area (Å²) in [6.45, 7) is 4.42. The molecule has 100 valence electrons. The van der Waals surface area contributed by atoms with Crippen molar-refractivity contribution in [3.05, 3.63) is 0 Å². The van der Waals surface area contributed by atoms with Crippen LogP contribution in [0.3, 0.4) is 0 Å². The largest absolute Gasteiger partial charge is 0.384 e. The van der Waals surface area contributed by atoms with Crippen LogP contribution in [0.1, 0.15) is 19.3 Å². The third-order valence-electron chi connectivity index (χ3n) is 4.23. The number of piperidine rings is 1. The second kappa shape index (κ2) is 6.41. The molecule has 0 aliphatic carbocycles. The Labute approximate surface area is 110 Å². The summed E-state index contributed by atoms with van der Waals surface area (Å²) in [5, 5.41) is 3.46. The predicted octanol–water partition coefficient (Wildman–Crippen LogP) is 1.44. The standard InChI is InChI=1S/C13H26N2OS/c1-15(12-3-8-17-9-12)10-13(11-16-2)4-6-14-7-5-13/h12,14H,3-11H2,1-2H3. The van der Waals surface area contributed by atoms with Crippen LogP contribution in [0.15, 0.2) is 0 Å². The van der Waals surface area contributed by atoms with E-state index in [0.29, 0.717) is 5.41 Å². The third-order valence-corrected chi connectivity index (χ3v) is 5.37. The highest BCUT2D eigenvalue weighted by atomic mass is 32.2. The maximum Gasteiger partial charge on any atom is 0.0531 e. The van der Waals surface area contributed by atoms with Gasteiger partial charge in [-0.05, 0) is 45.2 Å². The van der Waals surface area contributed by atoms with Gasteiger partial charge in [-0.3, -0.25) is 0 Å². The fourth-order valence-electron chi connectivity index (χ4n) is 3.14. The van der Waals surface area contributed by atoms with E-state index in [9.17, 15) is 0 Å². The Morgan fingerprint density at radius 2 is 2.18 bits per heavy atom. The van der Waals surface area contributed by atoms with Gasteiger partial charge in [-0.15, -0.1) is 0 Å². The van der Waals surface area contributed by atoms with Gasteiger partial charge >= 0.3 is 0 Å². The van der Waals surface area contributed by atoms with Crippen LogP contribution >= 0.6 is 11.8 Å². The summed E-state index contributed by atoms with van der Waals surface area (Å²) in [6.07, 6.45) is 3.87. The van der Waals surface area contributed by atoms with Gasteiger partial charge in [0.2, 0.25) is 0 Å². The van der Waals surface area contributed by atoms with Gasteiger partial charge in [0.1, 0.15) is 0 Å². The van der Waals surface area contributed by atoms with E-state index >= 15 is 0 Å². The highest BCUT2D eigenvalue weighted by molar-refractivity contribution is 7.99. The van der Waals surface area contributed by atoms with Crippen molar-refractivity contribution in [2.24, 2.45) is 5.41 Å². The Bertz CT molecular complexity index is 220. The Hall–Kier alpha value is 0.230. The van der Waals surface area contributed by atoms with Crippen LogP contribution in [0.2, 0.25) is 0 Å². The minimum Gasteiger partial charge on any atom is -0.384 e. The summed E-state index contributed by atoms with van der Waals surface area (Å²) in [7, 11) is 4.14. The zero-order valence-electron chi connectivity index (χ0n) is 11.2. The molecule has 2 aliphatic rings. The Morgan fingerprint density at radius 1 is 1.41 bits per heavy atom. The zero-order valence-corrected chi connectivity index (χ0v) is 12.0. The fraction of sp³-hybridized carbons (Fsp3) is 1.00. The van der Waals surface area contributed by atoms with Crippen LogP contribution in [0.4, 0.5) is 0 Å². The van der Waals surface area contributed by atoms with E-state index in [4.69, 9.17) is 4.74 Å². The molecule has 2 rings (SSSR count). The quantitative estimate of drug-likeness (QED) is 0.806. The normalized spacial score (nSPS) is 28.8. The van der Waals surface area contributed by atoms with Crippen molar-refractivity contribution in [2.75, 3.05) is 51.9 Å². The number of hydrogen-bond acceptors (Lipinski definition) is 4. The maximum absolute atomic E-state index is 5.49. The number of thioether (sulfide) groups is 1. The third kappa shape index (κ3) is 3.60. The van der Waals surface area contributed by atoms with Crippen molar-refractivity contribution in [2.45, 2.75) is 25.3 Å². The minimum absolute atomic E-state index is 0.391. The molecule has 1 atom stereocenters. The topological polar surface area (TPSA) is 24.5 Å². The van der Waals surface area contributed by atoms with Gasteiger partial charge in [-0.25, -0.2) is 0 Å². The number of hydrogen-bond donors (Lipinski definition) is 1. The van der Waals surface area contributed by atoms with Gasteiger partial charge in [0.15, 0.2) is 0 Å². The molecule has 2 saturated heterocycles. The van der Waals surface area contributed by atoms with E-state index < -0.39 is 0 Å². The molecule has 0 amide bonds. The summed E-state index contributed by atoms with van der Waals surface area (Å²) in [5.74, 6) is 2.66. The molecule has 4 heteroatoms. The lowest BCUT2D eigenvalue weighted by molar-refractivity contribution is 0.0211. The summed E-state index contributed by atoms with van der Waals surface area (Å²) in [4.78, 5) is 2.59. The van der Waals surface area contributed by atoms with E-state index in [1.807, 2.05) is 7.11 Å². The summed E-state index contributed by atoms with van der Waals surface area (Å²) in [6, 6.07) is 0.795. The number of rotatable bonds is 5. The van der Waals surface area contributed by atoms with Gasteiger partial charge in [0, 0.05) is 30.9 Å². The van der Waals surface area contributed by atoms with E-state index in [1.165, 1.54) is 37.3 Å². The van der Waals surface area contributed by atoms with Gasteiger partial charge in [-0.1, -0.05) is 0 Å². The van der Waals surface area contributed by atoms with E-state index in [0.717, 1.165) is 25.7 Å². The zero-order chi connectivity index (χ0) is 12.1. The van der Waals surface area contributed by atoms with E-state index in [-0.39, 0.29) is 0 Å². The van der Waals surface area contributed by atoms with Crippen LogP contribution in [-0.2, 0) is 4.74 Å². The molecule has 0 bridgehead atoms. The highest BCUT2D eigenvalue weighted by Crippen LogP contribution is 2.32. The molecule has 17 heavy (non-hydrogen) atoms. The molecular weight excluding hydrogens is 232 g/mol. The van der Waals surface area contributed by atoms with Gasteiger partial charge < -0.3 is 15.0 Å². The Balaban J connectivity index is 1.91. The Morgan fingerprint density at radius 3 is 2.76 bits per heavy atom. The monoisotopic (exact) mass is 258 g/mol.